The lowest BCUT2D eigenvalue weighted by molar-refractivity contribution is -0.146. The second-order valence-electron chi connectivity index (χ2n) is 12.1. The van der Waals surface area contributed by atoms with Crippen molar-refractivity contribution in [3.8, 4) is 30.4 Å². The van der Waals surface area contributed by atoms with Crippen LogP contribution in [-0.4, -0.2) is 53.6 Å². The molecule has 1 N–H and O–H groups in total. The molecule has 0 unspecified atom stereocenters. The maximum absolute atomic E-state index is 15.5. The van der Waals surface area contributed by atoms with Gasteiger partial charge in [0.1, 0.15) is 24.6 Å². The van der Waals surface area contributed by atoms with Crippen LogP contribution in [0.1, 0.15) is 84.6 Å². The molecule has 1 aliphatic heterocycles. The second-order valence-corrected chi connectivity index (χ2v) is 12.1. The van der Waals surface area contributed by atoms with E-state index in [4.69, 9.17) is 27.1 Å². The van der Waals surface area contributed by atoms with Crippen molar-refractivity contribution >= 4 is 34.5 Å². The van der Waals surface area contributed by atoms with Gasteiger partial charge in [-0.05, 0) is 44.7 Å². The Morgan fingerprint density at radius 1 is 1.02 bits per heavy atom. The van der Waals surface area contributed by atoms with Crippen LogP contribution in [0.5, 0.6) is 5.75 Å². The molecule has 5 rings (SSSR count). The topological polar surface area (TPSA) is 129 Å². The number of terminal acetylenes is 2. The molecular weight excluding hydrogens is 631 g/mol. The minimum absolute atomic E-state index is 0.0417. The first kappa shape index (κ1) is 35.1. The predicted molar refractivity (Wildman–Crippen MR) is 180 cm³/mol. The number of rotatable bonds is 14. The molecule has 3 heterocycles. The van der Waals surface area contributed by atoms with Gasteiger partial charge in [0.05, 0.1) is 16.9 Å². The SMILES string of the molecule is C#CCCCC(=O)OCc1cnc(C)c(OC(=O)c2cn(C3CC3)c3cc(N4CCNCC4)c(F)cc3c2=O)c1COC(=O)CCCC#C. The third kappa shape index (κ3) is 8.64. The van der Waals surface area contributed by atoms with Gasteiger partial charge in [0.2, 0.25) is 5.43 Å². The van der Waals surface area contributed by atoms with Crippen LogP contribution >= 0.6 is 0 Å². The standard InChI is InChI=1S/C37H39FN4O7/c1-4-6-8-10-33(43)47-22-25-20-40-24(3)36(29(25)23-48-34(44)11-9-7-5-2)49-37(46)28-21-42(26-12-13-26)31-19-32(41-16-14-39-15-17-41)30(38)18-27(31)35(28)45/h1-2,18-21,26,39H,6-17,22-23H2,3H3. The van der Waals surface area contributed by atoms with E-state index in [-0.39, 0.29) is 60.1 Å². The Kier molecular flexibility index (Phi) is 11.7. The van der Waals surface area contributed by atoms with E-state index < -0.39 is 29.2 Å². The number of fused-ring (bicyclic) bond motifs is 1. The summed E-state index contributed by atoms with van der Waals surface area (Å²) in [4.78, 5) is 58.7. The molecule has 2 aromatic heterocycles. The van der Waals surface area contributed by atoms with Crippen LogP contribution in [0.2, 0.25) is 0 Å². The molecule has 11 nitrogen and oxygen atoms in total. The number of nitrogens with one attached hydrogen (secondary N) is 1. The lowest BCUT2D eigenvalue weighted by atomic mass is 10.1. The first-order valence-electron chi connectivity index (χ1n) is 16.4. The van der Waals surface area contributed by atoms with E-state index in [0.717, 1.165) is 25.9 Å². The molecule has 256 valence electrons. The fraction of sp³-hybridized carbons (Fsp3) is 0.432. The molecule has 0 radical (unpaired) electrons. The lowest BCUT2D eigenvalue weighted by Gasteiger charge is -2.30. The Bertz CT molecular complexity index is 1880. The highest BCUT2D eigenvalue weighted by Gasteiger charge is 2.30. The Labute approximate surface area is 284 Å². The van der Waals surface area contributed by atoms with Gasteiger partial charge in [-0.3, -0.25) is 19.4 Å². The van der Waals surface area contributed by atoms with Gasteiger partial charge in [-0.25, -0.2) is 9.18 Å². The molecule has 1 aromatic carbocycles. The van der Waals surface area contributed by atoms with Crippen molar-refractivity contribution in [2.24, 2.45) is 0 Å². The normalized spacial score (nSPS) is 14.2. The van der Waals surface area contributed by atoms with Crippen LogP contribution < -0.4 is 20.4 Å². The van der Waals surface area contributed by atoms with Crippen molar-refractivity contribution in [2.45, 2.75) is 77.5 Å². The molecule has 49 heavy (non-hydrogen) atoms. The van der Waals surface area contributed by atoms with Crippen LogP contribution in [0.3, 0.4) is 0 Å². The average Bonchev–Trinajstić information content (AvgIpc) is 3.94. The summed E-state index contributed by atoms with van der Waals surface area (Å²) >= 11 is 0. The summed E-state index contributed by atoms with van der Waals surface area (Å²) in [5, 5.41) is 3.32. The summed E-state index contributed by atoms with van der Waals surface area (Å²) in [6.45, 7) is 3.71. The second kappa shape index (κ2) is 16.3. The number of esters is 3. The van der Waals surface area contributed by atoms with Crippen LogP contribution in [0.15, 0.2) is 29.3 Å². The number of aryl methyl sites for hydroxylation is 1. The quantitative estimate of drug-likeness (QED) is 0.149. The number of hydrogen-bond acceptors (Lipinski definition) is 10. The number of halogens is 1. The first-order valence-corrected chi connectivity index (χ1v) is 16.4. The number of carbonyl (C=O) groups is 3. The highest BCUT2D eigenvalue weighted by Crippen LogP contribution is 2.38. The summed E-state index contributed by atoms with van der Waals surface area (Å²) in [5.41, 5.74) is 0.852. The van der Waals surface area contributed by atoms with Gasteiger partial charge in [-0.1, -0.05) is 0 Å². The zero-order chi connectivity index (χ0) is 34.9. The van der Waals surface area contributed by atoms with Crippen LogP contribution in [0, 0.1) is 37.4 Å². The smallest absolute Gasteiger partial charge is 0.349 e. The number of pyridine rings is 2. The summed E-state index contributed by atoms with van der Waals surface area (Å²) in [6.07, 6.45) is 17.0. The maximum Gasteiger partial charge on any atom is 0.349 e. The largest absolute Gasteiger partial charge is 0.461 e. The van der Waals surface area contributed by atoms with Gasteiger partial charge >= 0.3 is 17.9 Å². The lowest BCUT2D eigenvalue weighted by Crippen LogP contribution is -2.43. The van der Waals surface area contributed by atoms with E-state index >= 15 is 4.39 Å². The average molecular weight is 671 g/mol. The number of benzene rings is 1. The minimum atomic E-state index is -0.984. The molecule has 0 bridgehead atoms. The third-order valence-corrected chi connectivity index (χ3v) is 8.49. The maximum atomic E-state index is 15.5. The van der Waals surface area contributed by atoms with E-state index in [1.807, 2.05) is 9.47 Å². The third-order valence-electron chi connectivity index (χ3n) is 8.49. The van der Waals surface area contributed by atoms with E-state index in [2.05, 4.69) is 22.1 Å². The first-order chi connectivity index (χ1) is 23.7. The van der Waals surface area contributed by atoms with Crippen molar-refractivity contribution in [3.63, 3.8) is 0 Å². The van der Waals surface area contributed by atoms with Crippen molar-refractivity contribution in [3.05, 3.63) is 63.0 Å². The number of ether oxygens (including phenoxy) is 3. The molecule has 1 aliphatic carbocycles. The minimum Gasteiger partial charge on any atom is -0.461 e. The number of hydrogen-bond donors (Lipinski definition) is 1. The molecule has 3 aromatic rings. The molecular formula is C37H39FN4O7. The zero-order valence-electron chi connectivity index (χ0n) is 27.5. The summed E-state index contributed by atoms with van der Waals surface area (Å²) in [7, 11) is 0. The molecule has 12 heteroatoms. The highest BCUT2D eigenvalue weighted by molar-refractivity contribution is 5.96. The molecule has 1 saturated heterocycles. The predicted octanol–water partition coefficient (Wildman–Crippen LogP) is 4.50. The Morgan fingerprint density at radius 3 is 2.31 bits per heavy atom. The van der Waals surface area contributed by atoms with E-state index in [1.54, 1.807) is 13.0 Å². The molecule has 0 atom stereocenters. The number of unbranched alkanes of at least 4 members (excludes halogenated alkanes) is 2. The molecule has 1 saturated carbocycles. The number of piperazine rings is 1. The van der Waals surface area contributed by atoms with Gasteiger partial charge in [-0.2, -0.15) is 0 Å². The fourth-order valence-corrected chi connectivity index (χ4v) is 5.67. The van der Waals surface area contributed by atoms with Gasteiger partial charge in [-0.15, -0.1) is 24.7 Å². The zero-order valence-corrected chi connectivity index (χ0v) is 27.5. The number of anilines is 1. The summed E-state index contributed by atoms with van der Waals surface area (Å²) in [6, 6.07) is 2.93. The van der Waals surface area contributed by atoms with Crippen LogP contribution in [0.4, 0.5) is 10.1 Å². The number of carbonyl (C=O) groups excluding carboxylic acids is 3. The Morgan fingerprint density at radius 2 is 1.67 bits per heavy atom. The monoisotopic (exact) mass is 670 g/mol. The van der Waals surface area contributed by atoms with Gasteiger partial charge in [0.25, 0.3) is 0 Å². The van der Waals surface area contributed by atoms with Crippen LogP contribution in [-0.2, 0) is 32.3 Å². The molecule has 0 spiro atoms. The van der Waals surface area contributed by atoms with E-state index in [0.29, 0.717) is 55.5 Å². The van der Waals surface area contributed by atoms with E-state index in [9.17, 15) is 19.2 Å². The van der Waals surface area contributed by atoms with Crippen molar-refractivity contribution in [1.29, 1.82) is 0 Å². The van der Waals surface area contributed by atoms with Crippen molar-refractivity contribution < 1.29 is 33.0 Å². The molecule has 2 fully saturated rings. The fourth-order valence-electron chi connectivity index (χ4n) is 5.67. The van der Waals surface area contributed by atoms with Gasteiger partial charge in [0, 0.05) is 86.8 Å². The molecule has 2 aliphatic rings. The summed E-state index contributed by atoms with van der Waals surface area (Å²) < 4.78 is 34.1. The Balaban J connectivity index is 1.47. The Hall–Kier alpha value is -5.20. The summed E-state index contributed by atoms with van der Waals surface area (Å²) in [5.74, 6) is 2.35. The van der Waals surface area contributed by atoms with E-state index in [1.165, 1.54) is 18.5 Å². The van der Waals surface area contributed by atoms with Gasteiger partial charge < -0.3 is 29.0 Å². The molecule has 0 amide bonds. The number of nitrogens with zero attached hydrogens (tertiary/aromatic N) is 3. The van der Waals surface area contributed by atoms with Crippen molar-refractivity contribution in [2.75, 3.05) is 31.1 Å². The number of aromatic nitrogens is 2. The van der Waals surface area contributed by atoms with Gasteiger partial charge in [0.15, 0.2) is 5.75 Å². The highest BCUT2D eigenvalue weighted by atomic mass is 19.1. The van der Waals surface area contributed by atoms with Crippen molar-refractivity contribution in [1.82, 2.24) is 14.9 Å². The van der Waals surface area contributed by atoms with Crippen LogP contribution in [0.25, 0.3) is 10.9 Å².